The lowest BCUT2D eigenvalue weighted by molar-refractivity contribution is 0.0942. The highest BCUT2D eigenvalue weighted by atomic mass is 16.5. The van der Waals surface area contributed by atoms with Crippen molar-refractivity contribution < 1.29 is 9.32 Å². The van der Waals surface area contributed by atoms with Crippen molar-refractivity contribution in [3.05, 3.63) is 47.1 Å². The van der Waals surface area contributed by atoms with Gasteiger partial charge in [0.1, 0.15) is 5.69 Å². The molecule has 0 aliphatic carbocycles. The largest absolute Gasteiger partial charge is 0.359 e. The number of hydrogen-bond donors (Lipinski definition) is 2. The van der Waals surface area contributed by atoms with Gasteiger partial charge in [0.25, 0.3) is 5.91 Å². The van der Waals surface area contributed by atoms with Gasteiger partial charge in [0.15, 0.2) is 5.76 Å². The molecule has 0 bridgehead atoms. The Balaban J connectivity index is 2.09. The number of amides is 1. The molecule has 2 aromatic heterocycles. The third-order valence-corrected chi connectivity index (χ3v) is 2.45. The van der Waals surface area contributed by atoms with Gasteiger partial charge >= 0.3 is 0 Å². The van der Waals surface area contributed by atoms with Gasteiger partial charge in [-0.15, -0.1) is 0 Å². The molecule has 0 unspecified atom stereocenters. The number of pyridine rings is 1. The van der Waals surface area contributed by atoms with E-state index in [1.54, 1.807) is 24.4 Å². The average molecular weight is 270 g/mol. The van der Waals surface area contributed by atoms with Crippen LogP contribution in [0.25, 0.3) is 0 Å². The molecule has 0 spiro atoms. The third-order valence-electron chi connectivity index (χ3n) is 2.45. The Bertz CT molecular complexity index is 667. The number of carbonyl (C=O) groups is 1. The summed E-state index contributed by atoms with van der Waals surface area (Å²) in [6.07, 6.45) is 1.54. The Kier molecular flexibility index (Phi) is 4.47. The van der Waals surface area contributed by atoms with E-state index in [-0.39, 0.29) is 24.7 Å². The van der Waals surface area contributed by atoms with Gasteiger partial charge in [-0.3, -0.25) is 4.79 Å². The Hall–Kier alpha value is -2.65. The van der Waals surface area contributed by atoms with Crippen LogP contribution in [0.5, 0.6) is 0 Å². The van der Waals surface area contributed by atoms with E-state index in [9.17, 15) is 4.79 Å². The quantitative estimate of drug-likeness (QED) is 0.797. The van der Waals surface area contributed by atoms with Crippen LogP contribution in [0.1, 0.15) is 27.5 Å². The Morgan fingerprint density at radius 1 is 1.55 bits per heavy atom. The molecular formula is C14H14N4O2. The number of aryl methyl sites for hydroxylation is 1. The number of nitrogens with zero attached hydrogens (tertiary/aromatic N) is 2. The van der Waals surface area contributed by atoms with Gasteiger partial charge in [0.2, 0.25) is 0 Å². The SMILES string of the molecule is Cc1cc(CNC(=O)c2ncccc2C#CCN)on1. The van der Waals surface area contributed by atoms with E-state index in [1.807, 2.05) is 6.92 Å². The molecule has 0 radical (unpaired) electrons. The molecule has 0 aromatic carbocycles. The van der Waals surface area contributed by atoms with Gasteiger partial charge in [-0.2, -0.15) is 0 Å². The predicted octanol–water partition coefficient (Wildman–Crippen LogP) is 0.618. The van der Waals surface area contributed by atoms with Crippen molar-refractivity contribution >= 4 is 5.91 Å². The summed E-state index contributed by atoms with van der Waals surface area (Å²) in [5.41, 5.74) is 6.90. The second kappa shape index (κ2) is 6.50. The van der Waals surface area contributed by atoms with Crippen molar-refractivity contribution in [1.82, 2.24) is 15.5 Å². The summed E-state index contributed by atoms with van der Waals surface area (Å²) in [7, 11) is 0. The minimum Gasteiger partial charge on any atom is -0.359 e. The average Bonchev–Trinajstić information content (AvgIpc) is 2.88. The van der Waals surface area contributed by atoms with Gasteiger partial charge in [-0.25, -0.2) is 4.98 Å². The third kappa shape index (κ3) is 3.43. The Morgan fingerprint density at radius 2 is 2.40 bits per heavy atom. The summed E-state index contributed by atoms with van der Waals surface area (Å²) < 4.78 is 5.02. The van der Waals surface area contributed by atoms with E-state index < -0.39 is 0 Å². The molecule has 0 aliphatic rings. The van der Waals surface area contributed by atoms with E-state index in [0.717, 1.165) is 5.69 Å². The monoisotopic (exact) mass is 270 g/mol. The summed E-state index contributed by atoms with van der Waals surface area (Å²) in [5, 5.41) is 6.46. The van der Waals surface area contributed by atoms with Crippen LogP contribution in [0.15, 0.2) is 28.9 Å². The van der Waals surface area contributed by atoms with Gasteiger partial charge in [0.05, 0.1) is 24.3 Å². The molecule has 0 saturated heterocycles. The summed E-state index contributed by atoms with van der Waals surface area (Å²) in [5.74, 6) is 5.79. The topological polar surface area (TPSA) is 94.0 Å². The lowest BCUT2D eigenvalue weighted by atomic mass is 10.2. The Labute approximate surface area is 116 Å². The second-order valence-electron chi connectivity index (χ2n) is 4.02. The highest BCUT2D eigenvalue weighted by Crippen LogP contribution is 2.05. The summed E-state index contributed by atoms with van der Waals surface area (Å²) >= 11 is 0. The Morgan fingerprint density at radius 3 is 3.10 bits per heavy atom. The first-order valence-electron chi connectivity index (χ1n) is 6.05. The van der Waals surface area contributed by atoms with Gasteiger partial charge < -0.3 is 15.6 Å². The van der Waals surface area contributed by atoms with E-state index in [4.69, 9.17) is 10.3 Å². The van der Waals surface area contributed by atoms with Gasteiger partial charge in [-0.05, 0) is 19.1 Å². The van der Waals surface area contributed by atoms with E-state index in [2.05, 4.69) is 27.3 Å². The smallest absolute Gasteiger partial charge is 0.271 e. The first-order valence-corrected chi connectivity index (χ1v) is 6.05. The van der Waals surface area contributed by atoms with Crippen LogP contribution in [-0.2, 0) is 6.54 Å². The second-order valence-corrected chi connectivity index (χ2v) is 4.02. The number of hydrogen-bond acceptors (Lipinski definition) is 5. The summed E-state index contributed by atoms with van der Waals surface area (Å²) in [6.45, 7) is 2.29. The van der Waals surface area contributed by atoms with Crippen molar-refractivity contribution in [2.45, 2.75) is 13.5 Å². The van der Waals surface area contributed by atoms with Crippen LogP contribution < -0.4 is 11.1 Å². The zero-order valence-electron chi connectivity index (χ0n) is 11.0. The number of nitrogens with one attached hydrogen (secondary N) is 1. The zero-order chi connectivity index (χ0) is 14.4. The molecule has 1 amide bonds. The fourth-order valence-corrected chi connectivity index (χ4v) is 1.58. The molecule has 2 rings (SSSR count). The molecule has 6 nitrogen and oxygen atoms in total. The van der Waals surface area contributed by atoms with Crippen LogP contribution in [0.2, 0.25) is 0 Å². The van der Waals surface area contributed by atoms with Crippen molar-refractivity contribution in [3.63, 3.8) is 0 Å². The molecule has 0 fully saturated rings. The lowest BCUT2D eigenvalue weighted by Crippen LogP contribution is -2.24. The maximum absolute atomic E-state index is 12.1. The molecule has 2 heterocycles. The first-order chi connectivity index (χ1) is 9.70. The first kappa shape index (κ1) is 13.8. The fraction of sp³-hybridized carbons (Fsp3) is 0.214. The molecule has 0 aliphatic heterocycles. The zero-order valence-corrected chi connectivity index (χ0v) is 11.0. The molecular weight excluding hydrogens is 256 g/mol. The van der Waals surface area contributed by atoms with E-state index >= 15 is 0 Å². The van der Waals surface area contributed by atoms with Crippen LogP contribution >= 0.6 is 0 Å². The minimum absolute atomic E-state index is 0.229. The van der Waals surface area contributed by atoms with Crippen molar-refractivity contribution in [2.75, 3.05) is 6.54 Å². The standard InChI is InChI=1S/C14H14N4O2/c1-10-8-12(20-18-10)9-17-14(19)13-11(4-2-6-15)5-3-7-16-13/h3,5,7-8H,6,9,15H2,1H3,(H,17,19). The van der Waals surface area contributed by atoms with Crippen LogP contribution in [-0.4, -0.2) is 22.6 Å². The summed E-state index contributed by atoms with van der Waals surface area (Å²) in [4.78, 5) is 16.1. The van der Waals surface area contributed by atoms with Gasteiger partial charge in [0, 0.05) is 12.3 Å². The molecule has 102 valence electrons. The number of aromatic nitrogens is 2. The molecule has 2 aromatic rings. The fourth-order valence-electron chi connectivity index (χ4n) is 1.58. The minimum atomic E-state index is -0.319. The number of nitrogens with two attached hydrogens (primary N) is 1. The molecule has 6 heteroatoms. The van der Waals surface area contributed by atoms with Crippen molar-refractivity contribution in [2.24, 2.45) is 5.73 Å². The van der Waals surface area contributed by atoms with E-state index in [0.29, 0.717) is 11.3 Å². The highest BCUT2D eigenvalue weighted by molar-refractivity contribution is 5.94. The maximum Gasteiger partial charge on any atom is 0.271 e. The molecule has 20 heavy (non-hydrogen) atoms. The predicted molar refractivity (Wildman–Crippen MR) is 72.6 cm³/mol. The molecule has 0 atom stereocenters. The van der Waals surface area contributed by atoms with Crippen LogP contribution in [0, 0.1) is 18.8 Å². The van der Waals surface area contributed by atoms with Gasteiger partial charge in [-0.1, -0.05) is 17.0 Å². The number of rotatable bonds is 3. The van der Waals surface area contributed by atoms with E-state index in [1.165, 1.54) is 0 Å². The highest BCUT2D eigenvalue weighted by Gasteiger charge is 2.12. The van der Waals surface area contributed by atoms with Crippen LogP contribution in [0.4, 0.5) is 0 Å². The van der Waals surface area contributed by atoms with Crippen LogP contribution in [0.3, 0.4) is 0 Å². The number of carbonyl (C=O) groups excluding carboxylic acids is 1. The molecule has 0 saturated carbocycles. The molecule has 3 N–H and O–H groups in total. The summed E-state index contributed by atoms with van der Waals surface area (Å²) in [6, 6.07) is 5.20. The normalized spacial score (nSPS) is 9.70. The maximum atomic E-state index is 12.1. The van der Waals surface area contributed by atoms with Crippen molar-refractivity contribution in [1.29, 1.82) is 0 Å². The lowest BCUT2D eigenvalue weighted by Gasteiger charge is -2.04. The van der Waals surface area contributed by atoms with Crippen molar-refractivity contribution in [3.8, 4) is 11.8 Å².